The summed E-state index contributed by atoms with van der Waals surface area (Å²) in [6.07, 6.45) is 0. The van der Waals surface area contributed by atoms with Gasteiger partial charge in [0.1, 0.15) is 0 Å². The number of halogens is 2. The van der Waals surface area contributed by atoms with Gasteiger partial charge in [0.25, 0.3) is 0 Å². The minimum Gasteiger partial charge on any atom is -0.114 e. The van der Waals surface area contributed by atoms with Crippen LogP contribution in [-0.2, 0) is 0 Å². The Labute approximate surface area is 107 Å². The highest BCUT2D eigenvalue weighted by atomic mass is 79.9. The Morgan fingerprint density at radius 3 is 0.357 bits per heavy atom. The first-order chi connectivity index (χ1) is 6.00. The summed E-state index contributed by atoms with van der Waals surface area (Å²) in [4.78, 5) is 0. The lowest BCUT2D eigenvalue weighted by molar-refractivity contribution is 1.72. The van der Waals surface area contributed by atoms with Crippen molar-refractivity contribution < 1.29 is 0 Å². The third-order valence-corrected chi connectivity index (χ3v) is 1.33. The molecular formula is C12H14Br2. The molecule has 0 aliphatic rings. The lowest BCUT2D eigenvalue weighted by Gasteiger charge is -1.69. The molecule has 2 aromatic rings. The number of hydrogen-bond acceptors (Lipinski definition) is 0. The van der Waals surface area contributed by atoms with Gasteiger partial charge < -0.3 is 0 Å². The van der Waals surface area contributed by atoms with E-state index in [1.165, 1.54) is 0 Å². The molecule has 0 nitrogen and oxygen atoms in total. The normalized spacial score (nSPS) is 6.86. The first-order valence-corrected chi connectivity index (χ1v) is 4.00. The van der Waals surface area contributed by atoms with Crippen molar-refractivity contribution in [2.45, 2.75) is 0 Å². The van der Waals surface area contributed by atoms with Crippen molar-refractivity contribution >= 4 is 34.0 Å². The minimum absolute atomic E-state index is 0. The zero-order valence-corrected chi connectivity index (χ0v) is 11.2. The van der Waals surface area contributed by atoms with Crippen molar-refractivity contribution in [3.63, 3.8) is 0 Å². The van der Waals surface area contributed by atoms with Gasteiger partial charge in [0.05, 0.1) is 0 Å². The van der Waals surface area contributed by atoms with Crippen LogP contribution in [0.25, 0.3) is 0 Å². The van der Waals surface area contributed by atoms with E-state index in [0.717, 1.165) is 0 Å². The third kappa shape index (κ3) is 9.49. The number of benzene rings is 2. The van der Waals surface area contributed by atoms with E-state index in [9.17, 15) is 0 Å². The van der Waals surface area contributed by atoms with Crippen LogP contribution in [0.3, 0.4) is 0 Å². The molecule has 2 heteroatoms. The predicted octanol–water partition coefficient (Wildman–Crippen LogP) is 4.53. The molecule has 0 unspecified atom stereocenters. The van der Waals surface area contributed by atoms with Gasteiger partial charge in [-0.2, -0.15) is 0 Å². The third-order valence-electron chi connectivity index (χ3n) is 1.33. The molecule has 0 fully saturated rings. The molecule has 0 aromatic heterocycles. The van der Waals surface area contributed by atoms with E-state index < -0.39 is 0 Å². The highest BCUT2D eigenvalue weighted by Crippen LogP contribution is 1.80. The van der Waals surface area contributed by atoms with Crippen LogP contribution in [0.5, 0.6) is 0 Å². The monoisotopic (exact) mass is 316 g/mol. The van der Waals surface area contributed by atoms with Gasteiger partial charge in [0, 0.05) is 0 Å². The quantitative estimate of drug-likeness (QED) is 0.669. The Balaban J connectivity index is 0. The molecule has 14 heavy (non-hydrogen) atoms. The van der Waals surface area contributed by atoms with E-state index in [2.05, 4.69) is 0 Å². The summed E-state index contributed by atoms with van der Waals surface area (Å²) in [5.74, 6) is 0. The highest BCUT2D eigenvalue weighted by molar-refractivity contribution is 8.93. The Morgan fingerprint density at radius 2 is 0.286 bits per heavy atom. The Bertz CT molecular complexity index is 184. The summed E-state index contributed by atoms with van der Waals surface area (Å²) in [7, 11) is 0. The van der Waals surface area contributed by atoms with E-state index in [4.69, 9.17) is 0 Å². The van der Waals surface area contributed by atoms with Crippen LogP contribution < -0.4 is 0 Å². The van der Waals surface area contributed by atoms with Gasteiger partial charge >= 0.3 is 0 Å². The van der Waals surface area contributed by atoms with Crippen LogP contribution in [0, 0.1) is 0 Å². The fourth-order valence-electron chi connectivity index (χ4n) is 0.770. The standard InChI is InChI=1S/2C6H6.2BrH/c2*1-2-4-6-5-3-1;;/h2*1-6H;2*1H. The maximum absolute atomic E-state index is 2.00. The Kier molecular flexibility index (Phi) is 14.0. The minimum atomic E-state index is 0. The van der Waals surface area contributed by atoms with Gasteiger partial charge in [-0.25, -0.2) is 0 Å². The lowest BCUT2D eigenvalue weighted by Crippen LogP contribution is -1.47. The van der Waals surface area contributed by atoms with Crippen LogP contribution in [-0.4, -0.2) is 0 Å². The van der Waals surface area contributed by atoms with Gasteiger partial charge in [0.2, 0.25) is 0 Å². The van der Waals surface area contributed by atoms with Gasteiger partial charge in [-0.15, -0.1) is 34.0 Å². The molecule has 2 aromatic carbocycles. The number of rotatable bonds is 0. The first-order valence-electron chi connectivity index (χ1n) is 4.00. The van der Waals surface area contributed by atoms with Crippen molar-refractivity contribution in [2.24, 2.45) is 0 Å². The molecule has 0 aliphatic heterocycles. The van der Waals surface area contributed by atoms with Crippen molar-refractivity contribution in [3.05, 3.63) is 72.8 Å². The zero-order valence-electron chi connectivity index (χ0n) is 7.74. The average molecular weight is 318 g/mol. The molecule has 76 valence electrons. The van der Waals surface area contributed by atoms with Crippen LogP contribution in [0.1, 0.15) is 0 Å². The smallest absolute Gasteiger partial charge is 0.0623 e. The van der Waals surface area contributed by atoms with Crippen LogP contribution in [0.2, 0.25) is 0 Å². The van der Waals surface area contributed by atoms with Gasteiger partial charge in [-0.1, -0.05) is 72.8 Å². The van der Waals surface area contributed by atoms with Crippen LogP contribution in [0.4, 0.5) is 0 Å². The van der Waals surface area contributed by atoms with E-state index in [-0.39, 0.29) is 34.0 Å². The van der Waals surface area contributed by atoms with Crippen LogP contribution >= 0.6 is 34.0 Å². The Hall–Kier alpha value is -0.600. The molecule has 0 bridgehead atoms. The van der Waals surface area contributed by atoms with E-state index in [0.29, 0.717) is 0 Å². The van der Waals surface area contributed by atoms with Crippen molar-refractivity contribution in [1.29, 1.82) is 0 Å². The molecule has 0 amide bonds. The summed E-state index contributed by atoms with van der Waals surface area (Å²) in [6, 6.07) is 24.0. The van der Waals surface area contributed by atoms with E-state index in [1.807, 2.05) is 72.8 Å². The van der Waals surface area contributed by atoms with Crippen molar-refractivity contribution in [3.8, 4) is 0 Å². The second-order valence-electron chi connectivity index (χ2n) is 2.31. The van der Waals surface area contributed by atoms with Gasteiger partial charge in [0.15, 0.2) is 0 Å². The molecule has 0 spiro atoms. The van der Waals surface area contributed by atoms with Crippen molar-refractivity contribution in [1.82, 2.24) is 0 Å². The van der Waals surface area contributed by atoms with Crippen LogP contribution in [0.15, 0.2) is 72.8 Å². The molecular weight excluding hydrogens is 304 g/mol. The molecule has 0 N–H and O–H groups in total. The Morgan fingerprint density at radius 1 is 0.214 bits per heavy atom. The maximum atomic E-state index is 2.00. The number of hydrogen-bond donors (Lipinski definition) is 0. The summed E-state index contributed by atoms with van der Waals surface area (Å²) in [5, 5.41) is 0. The second-order valence-corrected chi connectivity index (χ2v) is 2.31. The zero-order chi connectivity index (χ0) is 8.49. The summed E-state index contributed by atoms with van der Waals surface area (Å²) < 4.78 is 0. The highest BCUT2D eigenvalue weighted by Gasteiger charge is 1.58. The molecule has 0 saturated carbocycles. The summed E-state index contributed by atoms with van der Waals surface area (Å²) in [6.45, 7) is 0. The summed E-state index contributed by atoms with van der Waals surface area (Å²) in [5.41, 5.74) is 0. The van der Waals surface area contributed by atoms with Gasteiger partial charge in [-0.3, -0.25) is 0 Å². The SMILES string of the molecule is Br.Br.c1ccccc1.c1ccccc1. The topological polar surface area (TPSA) is 0 Å². The lowest BCUT2D eigenvalue weighted by atomic mass is 10.4. The fraction of sp³-hybridized carbons (Fsp3) is 0. The molecule has 0 atom stereocenters. The largest absolute Gasteiger partial charge is 0.114 e. The predicted molar refractivity (Wildman–Crippen MR) is 73.5 cm³/mol. The second kappa shape index (κ2) is 12.4. The average Bonchev–Trinajstić information content (AvgIpc) is 2.24. The summed E-state index contributed by atoms with van der Waals surface area (Å²) >= 11 is 0. The maximum Gasteiger partial charge on any atom is -0.0623 e. The molecule has 0 heterocycles. The van der Waals surface area contributed by atoms with Crippen molar-refractivity contribution in [2.75, 3.05) is 0 Å². The van der Waals surface area contributed by atoms with E-state index in [1.54, 1.807) is 0 Å². The molecule has 0 aliphatic carbocycles. The fourth-order valence-corrected chi connectivity index (χ4v) is 0.770. The van der Waals surface area contributed by atoms with E-state index >= 15 is 0 Å². The first kappa shape index (κ1) is 15.9. The molecule has 2 rings (SSSR count). The molecule has 0 radical (unpaired) electrons. The van der Waals surface area contributed by atoms with Gasteiger partial charge in [-0.05, 0) is 0 Å². The molecule has 0 saturated heterocycles.